The van der Waals surface area contributed by atoms with Crippen molar-refractivity contribution in [1.82, 2.24) is 20.4 Å². The van der Waals surface area contributed by atoms with Gasteiger partial charge in [0.25, 0.3) is 5.91 Å². The molecule has 2 aliphatic heterocycles. The molecule has 0 bridgehead atoms. The molecule has 1 amide bonds. The van der Waals surface area contributed by atoms with Gasteiger partial charge in [-0.25, -0.2) is 0 Å². The van der Waals surface area contributed by atoms with Gasteiger partial charge in [0.1, 0.15) is 0 Å². The number of benzene rings is 1. The number of nitrogens with one attached hydrogen (secondary N) is 2. The van der Waals surface area contributed by atoms with E-state index in [-0.39, 0.29) is 5.91 Å². The Morgan fingerprint density at radius 2 is 1.95 bits per heavy atom. The standard InChI is InChI=1S/C14H16N4O/c19-14(18-7-9-5-15-6-10(9)8-18)13-11-3-1-2-4-12(11)16-17-13/h1-4,9-10,15H,5-8H2,(H,16,17). The highest BCUT2D eigenvalue weighted by molar-refractivity contribution is 6.04. The van der Waals surface area contributed by atoms with E-state index < -0.39 is 0 Å². The third-order valence-electron chi connectivity index (χ3n) is 4.35. The van der Waals surface area contributed by atoms with E-state index in [0.717, 1.165) is 37.1 Å². The molecule has 3 heterocycles. The van der Waals surface area contributed by atoms with Crippen LogP contribution in [0.4, 0.5) is 0 Å². The largest absolute Gasteiger partial charge is 0.337 e. The van der Waals surface area contributed by atoms with Gasteiger partial charge in [-0.1, -0.05) is 18.2 Å². The van der Waals surface area contributed by atoms with Crippen molar-refractivity contribution in [3.63, 3.8) is 0 Å². The van der Waals surface area contributed by atoms with E-state index in [2.05, 4.69) is 15.5 Å². The van der Waals surface area contributed by atoms with E-state index in [1.165, 1.54) is 0 Å². The molecule has 98 valence electrons. The lowest BCUT2D eigenvalue weighted by Crippen LogP contribution is -2.32. The smallest absolute Gasteiger partial charge is 0.275 e. The quantitative estimate of drug-likeness (QED) is 0.795. The van der Waals surface area contributed by atoms with Crippen LogP contribution in [0.25, 0.3) is 10.9 Å². The Balaban J connectivity index is 1.64. The summed E-state index contributed by atoms with van der Waals surface area (Å²) in [6.07, 6.45) is 0. The molecule has 0 spiro atoms. The first-order valence-electron chi connectivity index (χ1n) is 6.76. The topological polar surface area (TPSA) is 61.0 Å². The maximum Gasteiger partial charge on any atom is 0.275 e. The lowest BCUT2D eigenvalue weighted by atomic mass is 10.0. The van der Waals surface area contributed by atoms with Gasteiger partial charge in [0.05, 0.1) is 5.52 Å². The van der Waals surface area contributed by atoms with Crippen molar-refractivity contribution in [2.45, 2.75) is 0 Å². The zero-order valence-electron chi connectivity index (χ0n) is 10.6. The van der Waals surface area contributed by atoms with Crippen LogP contribution in [0.15, 0.2) is 24.3 Å². The number of fused-ring (bicyclic) bond motifs is 2. The molecule has 2 atom stereocenters. The molecule has 0 radical (unpaired) electrons. The number of amides is 1. The Bertz CT molecular complexity index is 623. The van der Waals surface area contributed by atoms with Crippen LogP contribution in [0.2, 0.25) is 0 Å². The summed E-state index contributed by atoms with van der Waals surface area (Å²) in [5.74, 6) is 1.30. The van der Waals surface area contributed by atoms with Crippen LogP contribution in [0, 0.1) is 11.8 Å². The van der Waals surface area contributed by atoms with Crippen molar-refractivity contribution in [3.8, 4) is 0 Å². The number of aromatic nitrogens is 2. The lowest BCUT2D eigenvalue weighted by Gasteiger charge is -2.16. The molecule has 4 rings (SSSR count). The fraction of sp³-hybridized carbons (Fsp3) is 0.429. The van der Waals surface area contributed by atoms with Crippen LogP contribution < -0.4 is 5.32 Å². The third-order valence-corrected chi connectivity index (χ3v) is 4.35. The van der Waals surface area contributed by atoms with Crippen LogP contribution in [0.1, 0.15) is 10.5 Å². The minimum Gasteiger partial charge on any atom is -0.337 e. The first-order valence-corrected chi connectivity index (χ1v) is 6.76. The second-order valence-corrected chi connectivity index (χ2v) is 5.51. The van der Waals surface area contributed by atoms with Crippen LogP contribution in [-0.4, -0.2) is 47.2 Å². The summed E-state index contributed by atoms with van der Waals surface area (Å²) < 4.78 is 0. The van der Waals surface area contributed by atoms with E-state index in [4.69, 9.17) is 0 Å². The average molecular weight is 256 g/mol. The van der Waals surface area contributed by atoms with Crippen molar-refractivity contribution in [2.24, 2.45) is 11.8 Å². The van der Waals surface area contributed by atoms with Gasteiger partial charge < -0.3 is 10.2 Å². The number of carbonyl (C=O) groups is 1. The maximum absolute atomic E-state index is 12.6. The lowest BCUT2D eigenvalue weighted by molar-refractivity contribution is 0.0777. The first-order chi connectivity index (χ1) is 9.33. The summed E-state index contributed by atoms with van der Waals surface area (Å²) in [7, 11) is 0. The Kier molecular flexibility index (Phi) is 2.35. The first kappa shape index (κ1) is 11.0. The van der Waals surface area contributed by atoms with Crippen molar-refractivity contribution >= 4 is 16.8 Å². The van der Waals surface area contributed by atoms with Gasteiger partial charge in [0.15, 0.2) is 5.69 Å². The number of nitrogens with zero attached hydrogens (tertiary/aromatic N) is 2. The Morgan fingerprint density at radius 1 is 1.21 bits per heavy atom. The highest BCUT2D eigenvalue weighted by Crippen LogP contribution is 2.28. The van der Waals surface area contributed by atoms with Crippen molar-refractivity contribution in [1.29, 1.82) is 0 Å². The van der Waals surface area contributed by atoms with Gasteiger partial charge in [-0.2, -0.15) is 5.10 Å². The fourth-order valence-electron chi connectivity index (χ4n) is 3.30. The molecule has 5 heteroatoms. The summed E-state index contributed by atoms with van der Waals surface area (Å²) in [5.41, 5.74) is 1.48. The second-order valence-electron chi connectivity index (χ2n) is 5.51. The molecule has 19 heavy (non-hydrogen) atoms. The SMILES string of the molecule is O=C(c1n[nH]c2ccccc12)N1CC2CNCC2C1. The van der Waals surface area contributed by atoms with E-state index >= 15 is 0 Å². The molecule has 2 N–H and O–H groups in total. The van der Waals surface area contributed by atoms with E-state index in [9.17, 15) is 4.79 Å². The predicted molar refractivity (Wildman–Crippen MR) is 71.8 cm³/mol. The number of H-pyrrole nitrogens is 1. The highest BCUT2D eigenvalue weighted by atomic mass is 16.2. The number of hydrogen-bond donors (Lipinski definition) is 2. The normalized spacial score (nSPS) is 26.0. The molecule has 2 unspecified atom stereocenters. The highest BCUT2D eigenvalue weighted by Gasteiger charge is 2.39. The molecule has 0 saturated carbocycles. The Hall–Kier alpha value is -1.88. The van der Waals surface area contributed by atoms with Crippen LogP contribution in [-0.2, 0) is 0 Å². The van der Waals surface area contributed by atoms with E-state index in [1.807, 2.05) is 29.2 Å². The van der Waals surface area contributed by atoms with Gasteiger partial charge in [0, 0.05) is 31.6 Å². The molecule has 0 aliphatic carbocycles. The van der Waals surface area contributed by atoms with Gasteiger partial charge in [-0.3, -0.25) is 9.89 Å². The zero-order chi connectivity index (χ0) is 12.8. The monoisotopic (exact) mass is 256 g/mol. The van der Waals surface area contributed by atoms with Gasteiger partial charge in [0.2, 0.25) is 0 Å². The van der Waals surface area contributed by atoms with Crippen LogP contribution in [0.3, 0.4) is 0 Å². The molecule has 2 fully saturated rings. The average Bonchev–Trinajstić information content (AvgIpc) is 3.11. The molecule has 5 nitrogen and oxygen atoms in total. The Labute approximate surface area is 111 Å². The van der Waals surface area contributed by atoms with Crippen molar-refractivity contribution in [3.05, 3.63) is 30.0 Å². The Morgan fingerprint density at radius 3 is 2.74 bits per heavy atom. The summed E-state index contributed by atoms with van der Waals surface area (Å²) >= 11 is 0. The molecule has 1 aromatic heterocycles. The van der Waals surface area contributed by atoms with E-state index in [0.29, 0.717) is 17.5 Å². The molecular formula is C14H16N4O. The van der Waals surface area contributed by atoms with E-state index in [1.54, 1.807) is 0 Å². The van der Waals surface area contributed by atoms with Gasteiger partial charge in [-0.15, -0.1) is 0 Å². The van der Waals surface area contributed by atoms with Crippen LogP contribution >= 0.6 is 0 Å². The number of likely N-dealkylation sites (tertiary alicyclic amines) is 1. The van der Waals surface area contributed by atoms with Gasteiger partial charge in [-0.05, 0) is 17.9 Å². The number of hydrogen-bond acceptors (Lipinski definition) is 3. The number of rotatable bonds is 1. The number of carbonyl (C=O) groups excluding carboxylic acids is 1. The molecule has 2 aliphatic rings. The van der Waals surface area contributed by atoms with Crippen molar-refractivity contribution < 1.29 is 4.79 Å². The van der Waals surface area contributed by atoms with Crippen molar-refractivity contribution in [2.75, 3.05) is 26.2 Å². The molecule has 2 aromatic rings. The molecule has 1 aromatic carbocycles. The summed E-state index contributed by atoms with van der Waals surface area (Å²) in [4.78, 5) is 14.5. The number of para-hydroxylation sites is 1. The minimum atomic E-state index is 0.0619. The maximum atomic E-state index is 12.6. The zero-order valence-corrected chi connectivity index (χ0v) is 10.6. The second kappa shape index (κ2) is 4.06. The summed E-state index contributed by atoms with van der Waals surface area (Å²) in [5, 5.41) is 11.4. The number of aromatic amines is 1. The molecular weight excluding hydrogens is 240 g/mol. The minimum absolute atomic E-state index is 0.0619. The van der Waals surface area contributed by atoms with Gasteiger partial charge >= 0.3 is 0 Å². The summed E-state index contributed by atoms with van der Waals surface area (Å²) in [6, 6.07) is 7.78. The fourth-order valence-corrected chi connectivity index (χ4v) is 3.30. The third kappa shape index (κ3) is 1.65. The predicted octanol–water partition coefficient (Wildman–Crippen LogP) is 0.854. The van der Waals surface area contributed by atoms with Crippen LogP contribution in [0.5, 0.6) is 0 Å². The summed E-state index contributed by atoms with van der Waals surface area (Å²) in [6.45, 7) is 3.79. The molecule has 2 saturated heterocycles.